The summed E-state index contributed by atoms with van der Waals surface area (Å²) in [7, 11) is 0. The second kappa shape index (κ2) is 6.08. The first-order chi connectivity index (χ1) is 7.09. The zero-order valence-electron chi connectivity index (χ0n) is 9.83. The minimum atomic E-state index is -0.220. The number of hydrogen-bond donors (Lipinski definition) is 2. The van der Waals surface area contributed by atoms with Gasteiger partial charge in [-0.3, -0.25) is 4.79 Å². The van der Waals surface area contributed by atoms with Crippen LogP contribution in [0.2, 0.25) is 0 Å². The fourth-order valence-corrected chi connectivity index (χ4v) is 2.02. The molecule has 0 radical (unpaired) electrons. The van der Waals surface area contributed by atoms with E-state index in [1.807, 2.05) is 0 Å². The van der Waals surface area contributed by atoms with Crippen molar-refractivity contribution in [1.82, 2.24) is 10.2 Å². The SMILES string of the molecule is CC(C)N1CCC(NCCC(N)=O)CC1. The minimum Gasteiger partial charge on any atom is -0.370 e. The highest BCUT2D eigenvalue weighted by molar-refractivity contribution is 5.73. The van der Waals surface area contributed by atoms with E-state index in [0.717, 1.165) is 19.6 Å². The quantitative estimate of drug-likeness (QED) is 0.691. The monoisotopic (exact) mass is 213 g/mol. The van der Waals surface area contributed by atoms with Crippen molar-refractivity contribution >= 4 is 5.91 Å². The molecule has 0 atom stereocenters. The van der Waals surface area contributed by atoms with Crippen LogP contribution in [-0.4, -0.2) is 42.5 Å². The maximum absolute atomic E-state index is 10.6. The molecule has 88 valence electrons. The highest BCUT2D eigenvalue weighted by Gasteiger charge is 2.19. The highest BCUT2D eigenvalue weighted by Crippen LogP contribution is 2.12. The van der Waals surface area contributed by atoms with Gasteiger partial charge in [-0.15, -0.1) is 0 Å². The predicted octanol–water partition coefficient (Wildman–Crippen LogP) is 0.324. The summed E-state index contributed by atoms with van der Waals surface area (Å²) < 4.78 is 0. The van der Waals surface area contributed by atoms with Gasteiger partial charge in [-0.1, -0.05) is 0 Å². The summed E-state index contributed by atoms with van der Waals surface area (Å²) >= 11 is 0. The normalized spacial score (nSPS) is 19.7. The van der Waals surface area contributed by atoms with Crippen molar-refractivity contribution in [2.75, 3.05) is 19.6 Å². The topological polar surface area (TPSA) is 58.4 Å². The molecule has 15 heavy (non-hydrogen) atoms. The molecule has 4 nitrogen and oxygen atoms in total. The average molecular weight is 213 g/mol. The number of nitrogens with two attached hydrogens (primary N) is 1. The molecule has 0 aromatic carbocycles. The summed E-state index contributed by atoms with van der Waals surface area (Å²) in [6.45, 7) is 7.52. The van der Waals surface area contributed by atoms with Crippen LogP contribution in [0.5, 0.6) is 0 Å². The van der Waals surface area contributed by atoms with Gasteiger partial charge in [-0.25, -0.2) is 0 Å². The van der Waals surface area contributed by atoms with Gasteiger partial charge in [0, 0.05) is 25.0 Å². The summed E-state index contributed by atoms with van der Waals surface area (Å²) in [6.07, 6.45) is 2.80. The number of amides is 1. The van der Waals surface area contributed by atoms with Crippen molar-refractivity contribution < 1.29 is 4.79 Å². The second-order valence-corrected chi connectivity index (χ2v) is 4.57. The van der Waals surface area contributed by atoms with E-state index >= 15 is 0 Å². The molecule has 0 spiro atoms. The van der Waals surface area contributed by atoms with Gasteiger partial charge in [0.25, 0.3) is 0 Å². The lowest BCUT2D eigenvalue weighted by molar-refractivity contribution is -0.117. The summed E-state index contributed by atoms with van der Waals surface area (Å²) in [6, 6.07) is 1.22. The van der Waals surface area contributed by atoms with Gasteiger partial charge in [-0.05, 0) is 39.8 Å². The third-order valence-electron chi connectivity index (χ3n) is 3.06. The first-order valence-corrected chi connectivity index (χ1v) is 5.85. The van der Waals surface area contributed by atoms with Gasteiger partial charge in [0.15, 0.2) is 0 Å². The van der Waals surface area contributed by atoms with Gasteiger partial charge < -0.3 is 16.0 Å². The van der Waals surface area contributed by atoms with Gasteiger partial charge >= 0.3 is 0 Å². The van der Waals surface area contributed by atoms with Crippen LogP contribution in [0.3, 0.4) is 0 Å². The molecule has 0 saturated carbocycles. The van der Waals surface area contributed by atoms with Crippen molar-refractivity contribution in [3.63, 3.8) is 0 Å². The van der Waals surface area contributed by atoms with Gasteiger partial charge in [0.05, 0.1) is 0 Å². The lowest BCUT2D eigenvalue weighted by Crippen LogP contribution is -2.45. The molecule has 0 unspecified atom stereocenters. The molecule has 1 heterocycles. The van der Waals surface area contributed by atoms with Crippen molar-refractivity contribution in [2.24, 2.45) is 5.73 Å². The fraction of sp³-hybridized carbons (Fsp3) is 0.909. The van der Waals surface area contributed by atoms with Crippen LogP contribution >= 0.6 is 0 Å². The van der Waals surface area contributed by atoms with E-state index in [1.54, 1.807) is 0 Å². The first-order valence-electron chi connectivity index (χ1n) is 5.85. The Balaban J connectivity index is 2.12. The van der Waals surface area contributed by atoms with Crippen LogP contribution in [0.25, 0.3) is 0 Å². The predicted molar refractivity (Wildman–Crippen MR) is 61.5 cm³/mol. The number of carbonyl (C=O) groups is 1. The van der Waals surface area contributed by atoms with Crippen molar-refractivity contribution in [3.05, 3.63) is 0 Å². The lowest BCUT2D eigenvalue weighted by Gasteiger charge is -2.34. The molecule has 0 aromatic heterocycles. The lowest BCUT2D eigenvalue weighted by atomic mass is 10.0. The van der Waals surface area contributed by atoms with Crippen molar-refractivity contribution in [3.8, 4) is 0 Å². The molecular formula is C11H23N3O. The second-order valence-electron chi connectivity index (χ2n) is 4.57. The summed E-state index contributed by atoms with van der Waals surface area (Å²) in [5.74, 6) is -0.220. The molecule has 1 saturated heterocycles. The number of carbonyl (C=O) groups excluding carboxylic acids is 1. The van der Waals surface area contributed by atoms with E-state index in [0.29, 0.717) is 18.5 Å². The van der Waals surface area contributed by atoms with Crippen LogP contribution in [0.4, 0.5) is 0 Å². The summed E-state index contributed by atoms with van der Waals surface area (Å²) in [5, 5.41) is 3.38. The van der Waals surface area contributed by atoms with E-state index in [4.69, 9.17) is 5.73 Å². The number of piperidine rings is 1. The Morgan fingerprint density at radius 2 is 2.07 bits per heavy atom. The molecular weight excluding hydrogens is 190 g/mol. The Labute approximate surface area is 92.2 Å². The third kappa shape index (κ3) is 4.62. The highest BCUT2D eigenvalue weighted by atomic mass is 16.1. The Bertz CT molecular complexity index is 198. The number of hydrogen-bond acceptors (Lipinski definition) is 3. The number of nitrogens with zero attached hydrogens (tertiary/aromatic N) is 1. The van der Waals surface area contributed by atoms with Crippen LogP contribution in [0, 0.1) is 0 Å². The molecule has 1 aliphatic rings. The molecule has 0 aromatic rings. The Hall–Kier alpha value is -0.610. The zero-order valence-corrected chi connectivity index (χ0v) is 9.83. The number of nitrogens with one attached hydrogen (secondary N) is 1. The average Bonchev–Trinajstić information content (AvgIpc) is 2.18. The molecule has 0 bridgehead atoms. The minimum absolute atomic E-state index is 0.220. The number of rotatable bonds is 5. The maximum Gasteiger partial charge on any atom is 0.218 e. The molecule has 3 N–H and O–H groups in total. The van der Waals surface area contributed by atoms with E-state index in [2.05, 4.69) is 24.1 Å². The van der Waals surface area contributed by atoms with E-state index in [1.165, 1.54) is 12.8 Å². The summed E-state index contributed by atoms with van der Waals surface area (Å²) in [5.41, 5.74) is 5.08. The van der Waals surface area contributed by atoms with Gasteiger partial charge in [-0.2, -0.15) is 0 Å². The molecule has 1 fully saturated rings. The van der Waals surface area contributed by atoms with Crippen molar-refractivity contribution in [2.45, 2.75) is 45.2 Å². The van der Waals surface area contributed by atoms with E-state index < -0.39 is 0 Å². The summed E-state index contributed by atoms with van der Waals surface area (Å²) in [4.78, 5) is 13.0. The first kappa shape index (κ1) is 12.5. The van der Waals surface area contributed by atoms with Crippen molar-refractivity contribution in [1.29, 1.82) is 0 Å². The van der Waals surface area contributed by atoms with Crippen LogP contribution < -0.4 is 11.1 Å². The molecule has 0 aliphatic carbocycles. The number of likely N-dealkylation sites (tertiary alicyclic amines) is 1. The smallest absolute Gasteiger partial charge is 0.218 e. The van der Waals surface area contributed by atoms with E-state index in [9.17, 15) is 4.79 Å². The Morgan fingerprint density at radius 3 is 2.53 bits per heavy atom. The Kier molecular flexibility index (Phi) is 5.05. The van der Waals surface area contributed by atoms with Crippen LogP contribution in [-0.2, 0) is 4.79 Å². The number of primary amides is 1. The largest absolute Gasteiger partial charge is 0.370 e. The van der Waals surface area contributed by atoms with Crippen LogP contribution in [0.1, 0.15) is 33.1 Å². The third-order valence-corrected chi connectivity index (χ3v) is 3.06. The Morgan fingerprint density at radius 1 is 1.47 bits per heavy atom. The maximum atomic E-state index is 10.6. The molecule has 1 rings (SSSR count). The van der Waals surface area contributed by atoms with Gasteiger partial charge in [0.1, 0.15) is 0 Å². The fourth-order valence-electron chi connectivity index (χ4n) is 2.02. The standard InChI is InChI=1S/C11H23N3O/c1-9(2)14-7-4-10(5-8-14)13-6-3-11(12)15/h9-10,13H,3-8H2,1-2H3,(H2,12,15). The molecule has 4 heteroatoms. The van der Waals surface area contributed by atoms with Gasteiger partial charge in [0.2, 0.25) is 5.91 Å². The zero-order chi connectivity index (χ0) is 11.3. The van der Waals surface area contributed by atoms with Crippen LogP contribution in [0.15, 0.2) is 0 Å². The molecule has 1 aliphatic heterocycles. The molecule has 1 amide bonds. The van der Waals surface area contributed by atoms with E-state index in [-0.39, 0.29) is 5.91 Å².